The van der Waals surface area contributed by atoms with Gasteiger partial charge in [-0.25, -0.2) is 4.98 Å². The molecule has 0 atom stereocenters. The topological polar surface area (TPSA) is 67.4 Å². The molecule has 1 aromatic carbocycles. The molecule has 0 radical (unpaired) electrons. The number of piperazine rings is 1. The second kappa shape index (κ2) is 7.01. The van der Waals surface area contributed by atoms with Crippen LogP contribution >= 0.6 is 0 Å². The van der Waals surface area contributed by atoms with Gasteiger partial charge in [-0.1, -0.05) is 17.3 Å². The van der Waals surface area contributed by atoms with E-state index in [9.17, 15) is 4.79 Å². The van der Waals surface area contributed by atoms with Gasteiger partial charge in [0.2, 0.25) is 0 Å². The number of benzene rings is 1. The Kier molecular flexibility index (Phi) is 4.57. The first-order chi connectivity index (χ1) is 12.6. The Morgan fingerprint density at radius 3 is 2.46 bits per heavy atom. The van der Waals surface area contributed by atoms with Crippen molar-refractivity contribution in [3.05, 3.63) is 58.0 Å². The van der Waals surface area contributed by atoms with E-state index in [0.717, 1.165) is 55.5 Å². The second-order valence-electron chi connectivity index (χ2n) is 6.89. The number of aryl methyl sites for hydroxylation is 1. The summed E-state index contributed by atoms with van der Waals surface area (Å²) in [6, 6.07) is 9.52. The Morgan fingerprint density at radius 1 is 1.08 bits per heavy atom. The molecule has 136 valence electrons. The molecule has 0 saturated carbocycles. The highest BCUT2D eigenvalue weighted by molar-refractivity contribution is 5.77. The molecule has 3 aromatic rings. The predicted molar refractivity (Wildman–Crippen MR) is 98.8 cm³/mol. The Hall–Kier alpha value is -2.51. The SMILES string of the molecule is Cc1cc(CN2CCN(Cc3nc4ccccc4c(=O)n3C)CC2)no1. The Labute approximate surface area is 151 Å². The van der Waals surface area contributed by atoms with Crippen molar-refractivity contribution in [3.8, 4) is 0 Å². The third-order valence-electron chi connectivity index (χ3n) is 4.97. The van der Waals surface area contributed by atoms with E-state index in [2.05, 4.69) is 15.0 Å². The summed E-state index contributed by atoms with van der Waals surface area (Å²) in [4.78, 5) is 22.0. The Morgan fingerprint density at radius 2 is 1.77 bits per heavy atom. The van der Waals surface area contributed by atoms with E-state index in [-0.39, 0.29) is 5.56 Å². The van der Waals surface area contributed by atoms with E-state index < -0.39 is 0 Å². The van der Waals surface area contributed by atoms with E-state index in [0.29, 0.717) is 11.9 Å². The lowest BCUT2D eigenvalue weighted by molar-refractivity contribution is 0.117. The zero-order chi connectivity index (χ0) is 18.1. The normalized spacial score (nSPS) is 16.4. The van der Waals surface area contributed by atoms with Gasteiger partial charge >= 0.3 is 0 Å². The van der Waals surface area contributed by atoms with Gasteiger partial charge in [0, 0.05) is 45.8 Å². The molecule has 3 heterocycles. The zero-order valence-electron chi connectivity index (χ0n) is 15.2. The number of rotatable bonds is 4. The lowest BCUT2D eigenvalue weighted by atomic mass is 10.2. The predicted octanol–water partition coefficient (Wildman–Crippen LogP) is 1.55. The van der Waals surface area contributed by atoms with Crippen molar-refractivity contribution in [3.63, 3.8) is 0 Å². The van der Waals surface area contributed by atoms with Crippen molar-refractivity contribution in [2.75, 3.05) is 26.2 Å². The number of para-hydroxylation sites is 1. The fourth-order valence-electron chi connectivity index (χ4n) is 3.43. The fourth-order valence-corrected chi connectivity index (χ4v) is 3.43. The van der Waals surface area contributed by atoms with Gasteiger partial charge in [-0.2, -0.15) is 0 Å². The van der Waals surface area contributed by atoms with Crippen molar-refractivity contribution < 1.29 is 4.52 Å². The summed E-state index contributed by atoms with van der Waals surface area (Å²) in [7, 11) is 1.81. The van der Waals surface area contributed by atoms with E-state index >= 15 is 0 Å². The smallest absolute Gasteiger partial charge is 0.261 e. The molecule has 2 aromatic heterocycles. The van der Waals surface area contributed by atoms with Gasteiger partial charge in [-0.3, -0.25) is 19.2 Å². The first-order valence-corrected chi connectivity index (χ1v) is 8.92. The molecule has 0 amide bonds. The highest BCUT2D eigenvalue weighted by Gasteiger charge is 2.20. The summed E-state index contributed by atoms with van der Waals surface area (Å²) >= 11 is 0. The minimum atomic E-state index is 0.0191. The van der Waals surface area contributed by atoms with Crippen molar-refractivity contribution in [2.45, 2.75) is 20.0 Å². The summed E-state index contributed by atoms with van der Waals surface area (Å²) in [5.41, 5.74) is 1.77. The Balaban J connectivity index is 1.42. The Bertz CT molecular complexity index is 969. The molecule has 1 saturated heterocycles. The number of hydrogen-bond donors (Lipinski definition) is 0. The number of nitrogens with zero attached hydrogens (tertiary/aromatic N) is 5. The summed E-state index contributed by atoms with van der Waals surface area (Å²) in [6.07, 6.45) is 0. The van der Waals surface area contributed by atoms with Gasteiger partial charge in [0.1, 0.15) is 11.6 Å². The van der Waals surface area contributed by atoms with Gasteiger partial charge < -0.3 is 4.52 Å². The number of aromatic nitrogens is 3. The minimum Gasteiger partial charge on any atom is -0.361 e. The molecule has 4 rings (SSSR count). The first kappa shape index (κ1) is 16.9. The van der Waals surface area contributed by atoms with Crippen LogP contribution in [0.4, 0.5) is 0 Å². The van der Waals surface area contributed by atoms with Crippen LogP contribution in [0.5, 0.6) is 0 Å². The van der Waals surface area contributed by atoms with Crippen LogP contribution in [0.2, 0.25) is 0 Å². The quantitative estimate of drug-likeness (QED) is 0.709. The van der Waals surface area contributed by atoms with Crippen LogP contribution in [0.3, 0.4) is 0 Å². The first-order valence-electron chi connectivity index (χ1n) is 8.92. The molecule has 1 aliphatic heterocycles. The summed E-state index contributed by atoms with van der Waals surface area (Å²) in [6.45, 7) is 7.24. The van der Waals surface area contributed by atoms with Crippen LogP contribution in [0.15, 0.2) is 39.6 Å². The van der Waals surface area contributed by atoms with E-state index in [4.69, 9.17) is 9.51 Å². The van der Waals surface area contributed by atoms with Gasteiger partial charge in [-0.05, 0) is 19.1 Å². The molecule has 0 bridgehead atoms. The lowest BCUT2D eigenvalue weighted by Gasteiger charge is -2.34. The van der Waals surface area contributed by atoms with Crippen molar-refractivity contribution in [1.29, 1.82) is 0 Å². The molecule has 7 nitrogen and oxygen atoms in total. The summed E-state index contributed by atoms with van der Waals surface area (Å²) in [5, 5.41) is 4.74. The molecule has 0 unspecified atom stereocenters. The maximum atomic E-state index is 12.5. The second-order valence-corrected chi connectivity index (χ2v) is 6.89. The van der Waals surface area contributed by atoms with Crippen LogP contribution in [0.1, 0.15) is 17.3 Å². The minimum absolute atomic E-state index is 0.0191. The molecule has 0 N–H and O–H groups in total. The third-order valence-corrected chi connectivity index (χ3v) is 4.97. The van der Waals surface area contributed by atoms with Crippen LogP contribution in [0.25, 0.3) is 10.9 Å². The molecule has 0 spiro atoms. The highest BCUT2D eigenvalue weighted by Crippen LogP contribution is 2.12. The van der Waals surface area contributed by atoms with Crippen molar-refractivity contribution >= 4 is 10.9 Å². The maximum Gasteiger partial charge on any atom is 0.261 e. The highest BCUT2D eigenvalue weighted by atomic mass is 16.5. The molecular weight excluding hydrogens is 330 g/mol. The molecule has 26 heavy (non-hydrogen) atoms. The number of fused-ring (bicyclic) bond motifs is 1. The standard InChI is InChI=1S/C19H23N5O2/c1-14-11-15(21-26-14)12-23-7-9-24(10-8-23)13-18-20-17-6-4-3-5-16(17)19(25)22(18)2/h3-6,11H,7-10,12-13H2,1-2H3. The molecule has 1 fully saturated rings. The van der Waals surface area contributed by atoms with Crippen LogP contribution in [0, 0.1) is 6.92 Å². The van der Waals surface area contributed by atoms with E-state index in [1.54, 1.807) is 11.6 Å². The molecular formula is C19H23N5O2. The van der Waals surface area contributed by atoms with Crippen molar-refractivity contribution in [2.24, 2.45) is 7.05 Å². The van der Waals surface area contributed by atoms with Gasteiger partial charge in [0.15, 0.2) is 0 Å². The van der Waals surface area contributed by atoms with Gasteiger partial charge in [0.05, 0.1) is 23.1 Å². The maximum absolute atomic E-state index is 12.5. The van der Waals surface area contributed by atoms with Crippen LogP contribution in [-0.4, -0.2) is 50.7 Å². The number of hydrogen-bond acceptors (Lipinski definition) is 6. The monoisotopic (exact) mass is 353 g/mol. The average molecular weight is 353 g/mol. The molecule has 7 heteroatoms. The van der Waals surface area contributed by atoms with Crippen molar-refractivity contribution in [1.82, 2.24) is 24.5 Å². The molecule has 0 aliphatic carbocycles. The van der Waals surface area contributed by atoms with Crippen LogP contribution < -0.4 is 5.56 Å². The summed E-state index contributed by atoms with van der Waals surface area (Å²) < 4.78 is 6.81. The zero-order valence-corrected chi connectivity index (χ0v) is 15.2. The van der Waals surface area contributed by atoms with E-state index in [1.807, 2.05) is 37.3 Å². The lowest BCUT2D eigenvalue weighted by Crippen LogP contribution is -2.46. The van der Waals surface area contributed by atoms with Gasteiger partial charge in [-0.15, -0.1) is 0 Å². The van der Waals surface area contributed by atoms with Gasteiger partial charge in [0.25, 0.3) is 5.56 Å². The van der Waals surface area contributed by atoms with E-state index in [1.165, 1.54) is 0 Å². The largest absolute Gasteiger partial charge is 0.361 e. The third kappa shape index (κ3) is 3.40. The average Bonchev–Trinajstić information content (AvgIpc) is 3.06. The van der Waals surface area contributed by atoms with Crippen LogP contribution in [-0.2, 0) is 20.1 Å². The fraction of sp³-hybridized carbons (Fsp3) is 0.421. The molecule has 1 aliphatic rings. The summed E-state index contributed by atoms with van der Waals surface area (Å²) in [5.74, 6) is 1.66.